The molecule has 2 amide bonds. The Morgan fingerprint density at radius 1 is 1.04 bits per heavy atom. The summed E-state index contributed by atoms with van der Waals surface area (Å²) in [7, 11) is 0. The number of aryl methyl sites for hydroxylation is 1. The van der Waals surface area contributed by atoms with Crippen molar-refractivity contribution in [2.75, 3.05) is 18.4 Å². The standard InChI is InChI=1S/C22H23N3O2S/c1-16-8-10-17(11-9-16)12-13-20(26)24-22(28)23-19-7-3-2-6-18(19)21(27)25-14-4-5-15-25/h2-3,6-13H,4-5,14-15H2,1H3,(H2,23,24,26,28)/b13-12+. The average molecular weight is 394 g/mol. The van der Waals surface area contributed by atoms with Crippen LogP contribution in [0.25, 0.3) is 6.08 Å². The van der Waals surface area contributed by atoms with Crippen LogP contribution in [0.2, 0.25) is 0 Å². The molecule has 0 spiro atoms. The molecule has 0 aliphatic carbocycles. The number of nitrogens with zero attached hydrogens (tertiary/aromatic N) is 1. The van der Waals surface area contributed by atoms with E-state index in [4.69, 9.17) is 12.2 Å². The molecular weight excluding hydrogens is 370 g/mol. The second-order valence-electron chi connectivity index (χ2n) is 6.73. The van der Waals surface area contributed by atoms with Gasteiger partial charge in [-0.05, 0) is 55.8 Å². The number of anilines is 1. The summed E-state index contributed by atoms with van der Waals surface area (Å²) in [5, 5.41) is 5.74. The van der Waals surface area contributed by atoms with Crippen LogP contribution in [0.3, 0.4) is 0 Å². The number of benzene rings is 2. The number of carbonyl (C=O) groups is 2. The summed E-state index contributed by atoms with van der Waals surface area (Å²) in [6.07, 6.45) is 5.22. The maximum Gasteiger partial charge on any atom is 0.255 e. The number of carbonyl (C=O) groups excluding carboxylic acids is 2. The molecule has 1 saturated heterocycles. The highest BCUT2D eigenvalue weighted by Gasteiger charge is 2.21. The van der Waals surface area contributed by atoms with Gasteiger partial charge < -0.3 is 10.2 Å². The molecule has 2 aromatic rings. The van der Waals surface area contributed by atoms with E-state index in [0.717, 1.165) is 37.1 Å². The first kappa shape index (κ1) is 19.8. The lowest BCUT2D eigenvalue weighted by atomic mass is 10.1. The number of hydrogen-bond acceptors (Lipinski definition) is 3. The fourth-order valence-electron chi connectivity index (χ4n) is 3.03. The fraction of sp³-hybridized carbons (Fsp3) is 0.227. The van der Waals surface area contributed by atoms with Crippen molar-refractivity contribution in [1.82, 2.24) is 10.2 Å². The van der Waals surface area contributed by atoms with Crippen molar-refractivity contribution in [3.63, 3.8) is 0 Å². The Morgan fingerprint density at radius 2 is 1.71 bits per heavy atom. The van der Waals surface area contributed by atoms with E-state index in [1.54, 1.807) is 18.2 Å². The van der Waals surface area contributed by atoms with E-state index in [2.05, 4.69) is 10.6 Å². The van der Waals surface area contributed by atoms with Gasteiger partial charge in [-0.15, -0.1) is 0 Å². The van der Waals surface area contributed by atoms with Crippen LogP contribution in [0.1, 0.15) is 34.3 Å². The maximum absolute atomic E-state index is 12.7. The van der Waals surface area contributed by atoms with Crippen LogP contribution in [-0.2, 0) is 4.79 Å². The first-order chi connectivity index (χ1) is 13.5. The van der Waals surface area contributed by atoms with Crippen molar-refractivity contribution in [1.29, 1.82) is 0 Å². The zero-order chi connectivity index (χ0) is 19.9. The van der Waals surface area contributed by atoms with Gasteiger partial charge in [0.1, 0.15) is 0 Å². The number of likely N-dealkylation sites (tertiary alicyclic amines) is 1. The Morgan fingerprint density at radius 3 is 2.43 bits per heavy atom. The predicted molar refractivity (Wildman–Crippen MR) is 116 cm³/mol. The lowest BCUT2D eigenvalue weighted by Gasteiger charge is -2.18. The molecule has 1 aliphatic rings. The van der Waals surface area contributed by atoms with Crippen molar-refractivity contribution in [2.24, 2.45) is 0 Å². The molecule has 5 nitrogen and oxygen atoms in total. The molecule has 28 heavy (non-hydrogen) atoms. The minimum Gasteiger partial charge on any atom is -0.339 e. The number of hydrogen-bond donors (Lipinski definition) is 2. The molecule has 1 fully saturated rings. The largest absolute Gasteiger partial charge is 0.339 e. The third-order valence-corrected chi connectivity index (χ3v) is 4.74. The number of para-hydroxylation sites is 1. The van der Waals surface area contributed by atoms with Crippen molar-refractivity contribution >= 4 is 40.9 Å². The summed E-state index contributed by atoms with van der Waals surface area (Å²) in [5.74, 6) is -0.351. The van der Waals surface area contributed by atoms with Gasteiger partial charge in [-0.2, -0.15) is 0 Å². The quantitative estimate of drug-likeness (QED) is 0.613. The summed E-state index contributed by atoms with van der Waals surface area (Å²) in [5.41, 5.74) is 3.23. The van der Waals surface area contributed by atoms with Crippen LogP contribution >= 0.6 is 12.2 Å². The van der Waals surface area contributed by atoms with E-state index in [9.17, 15) is 9.59 Å². The van der Waals surface area contributed by atoms with Crippen molar-refractivity contribution in [3.8, 4) is 0 Å². The molecule has 1 aliphatic heterocycles. The second-order valence-corrected chi connectivity index (χ2v) is 7.14. The summed E-state index contributed by atoms with van der Waals surface area (Å²) in [6.45, 7) is 3.56. The summed E-state index contributed by atoms with van der Waals surface area (Å²) in [4.78, 5) is 26.6. The molecule has 0 unspecified atom stereocenters. The Kier molecular flexibility index (Phi) is 6.55. The maximum atomic E-state index is 12.7. The molecule has 1 heterocycles. The summed E-state index contributed by atoms with van der Waals surface area (Å²) in [6, 6.07) is 15.0. The van der Waals surface area contributed by atoms with Gasteiger partial charge in [-0.1, -0.05) is 42.0 Å². The van der Waals surface area contributed by atoms with Gasteiger partial charge in [-0.25, -0.2) is 0 Å². The van der Waals surface area contributed by atoms with Crippen LogP contribution in [0.15, 0.2) is 54.6 Å². The lowest BCUT2D eigenvalue weighted by Crippen LogP contribution is -2.34. The van der Waals surface area contributed by atoms with Crippen molar-refractivity contribution in [2.45, 2.75) is 19.8 Å². The Hall–Kier alpha value is -2.99. The molecule has 144 valence electrons. The Balaban J connectivity index is 1.61. The average Bonchev–Trinajstić information content (AvgIpc) is 3.22. The first-order valence-corrected chi connectivity index (χ1v) is 9.69. The van der Waals surface area contributed by atoms with Crippen LogP contribution in [0.4, 0.5) is 5.69 Å². The third-order valence-electron chi connectivity index (χ3n) is 4.54. The van der Waals surface area contributed by atoms with Crippen LogP contribution < -0.4 is 10.6 Å². The van der Waals surface area contributed by atoms with E-state index in [-0.39, 0.29) is 16.9 Å². The molecule has 0 bridgehead atoms. The van der Waals surface area contributed by atoms with Crippen molar-refractivity contribution < 1.29 is 9.59 Å². The molecule has 0 aromatic heterocycles. The topological polar surface area (TPSA) is 61.4 Å². The minimum atomic E-state index is -0.332. The molecule has 2 aromatic carbocycles. The van der Waals surface area contributed by atoms with Crippen molar-refractivity contribution in [3.05, 3.63) is 71.3 Å². The fourth-order valence-corrected chi connectivity index (χ4v) is 3.24. The number of nitrogens with one attached hydrogen (secondary N) is 2. The highest BCUT2D eigenvalue weighted by atomic mass is 32.1. The predicted octanol–water partition coefficient (Wildman–Crippen LogP) is 3.76. The molecule has 0 saturated carbocycles. The van der Waals surface area contributed by atoms with E-state index >= 15 is 0 Å². The smallest absolute Gasteiger partial charge is 0.255 e. The number of amides is 2. The van der Waals surface area contributed by atoms with Gasteiger partial charge in [0.25, 0.3) is 5.91 Å². The Bertz CT molecular complexity index is 900. The molecule has 2 N–H and O–H groups in total. The number of rotatable bonds is 4. The number of thiocarbonyl (C=S) groups is 1. The van der Waals surface area contributed by atoms with Crippen LogP contribution in [0.5, 0.6) is 0 Å². The highest BCUT2D eigenvalue weighted by Crippen LogP contribution is 2.20. The van der Waals surface area contributed by atoms with Gasteiger partial charge >= 0.3 is 0 Å². The molecule has 3 rings (SSSR count). The second kappa shape index (κ2) is 9.28. The van der Waals surface area contributed by atoms with Gasteiger partial charge in [0.2, 0.25) is 5.91 Å². The summed E-state index contributed by atoms with van der Waals surface area (Å²) < 4.78 is 0. The zero-order valence-corrected chi connectivity index (χ0v) is 16.6. The molecule has 0 atom stereocenters. The molecule has 0 radical (unpaired) electrons. The zero-order valence-electron chi connectivity index (χ0n) is 15.8. The van der Waals surface area contributed by atoms with Gasteiger partial charge in [0, 0.05) is 19.2 Å². The third kappa shape index (κ3) is 5.27. The highest BCUT2D eigenvalue weighted by molar-refractivity contribution is 7.80. The monoisotopic (exact) mass is 393 g/mol. The normalized spacial score (nSPS) is 13.5. The Labute approximate surface area is 170 Å². The van der Waals surface area contributed by atoms with Crippen LogP contribution in [0, 0.1) is 6.92 Å². The molecular formula is C22H23N3O2S. The van der Waals surface area contributed by atoms with E-state index in [1.165, 1.54) is 6.08 Å². The van der Waals surface area contributed by atoms with E-state index in [1.807, 2.05) is 48.2 Å². The van der Waals surface area contributed by atoms with Crippen LogP contribution in [-0.4, -0.2) is 34.9 Å². The summed E-state index contributed by atoms with van der Waals surface area (Å²) >= 11 is 5.24. The van der Waals surface area contributed by atoms with Gasteiger partial charge in [0.15, 0.2) is 5.11 Å². The van der Waals surface area contributed by atoms with E-state index < -0.39 is 0 Å². The minimum absolute atomic E-state index is 0.0195. The SMILES string of the molecule is Cc1ccc(/C=C/C(=O)NC(=S)Nc2ccccc2C(=O)N2CCCC2)cc1. The lowest BCUT2D eigenvalue weighted by molar-refractivity contribution is -0.115. The first-order valence-electron chi connectivity index (χ1n) is 9.28. The van der Waals surface area contributed by atoms with Gasteiger partial charge in [-0.3, -0.25) is 14.9 Å². The van der Waals surface area contributed by atoms with E-state index in [0.29, 0.717) is 11.3 Å². The molecule has 6 heteroatoms. The van der Waals surface area contributed by atoms with Gasteiger partial charge in [0.05, 0.1) is 11.3 Å².